The number of ether oxygens (including phenoxy) is 1. The van der Waals surface area contributed by atoms with Crippen molar-refractivity contribution in [2.75, 3.05) is 20.3 Å². The number of likely N-dealkylation sites (tertiary alicyclic amines) is 1. The summed E-state index contributed by atoms with van der Waals surface area (Å²) in [5.41, 5.74) is 4.03. The summed E-state index contributed by atoms with van der Waals surface area (Å²) in [5.74, 6) is 1.94. The van der Waals surface area contributed by atoms with Crippen molar-refractivity contribution in [1.82, 2.24) is 4.90 Å². The van der Waals surface area contributed by atoms with Crippen molar-refractivity contribution in [3.8, 4) is 12.3 Å². The van der Waals surface area contributed by atoms with E-state index in [1.807, 2.05) is 0 Å². The number of carbonyl (C=O) groups excluding carboxylic acids is 2. The number of rotatable bonds is 8. The first-order valence-corrected chi connectivity index (χ1v) is 7.46. The molecule has 0 saturated carbocycles. The molecule has 0 aromatic heterocycles. The average Bonchev–Trinajstić information content (AvgIpc) is 3.14. The Bertz CT molecular complexity index is 519. The predicted octanol–water partition coefficient (Wildman–Crippen LogP) is 0.835. The van der Waals surface area contributed by atoms with Gasteiger partial charge < -0.3 is 15.4 Å². The van der Waals surface area contributed by atoms with Crippen LogP contribution in [-0.2, 0) is 14.3 Å². The smallest absolute Gasteiger partial charge is 0.245 e. The van der Waals surface area contributed by atoms with Crippen LogP contribution in [0.1, 0.15) is 38.5 Å². The molecule has 1 saturated heterocycles. The topological polar surface area (TPSA) is 97.3 Å². The molecule has 2 aliphatic heterocycles. The third kappa shape index (κ3) is 3.12. The van der Waals surface area contributed by atoms with Crippen LogP contribution in [0.15, 0.2) is 10.2 Å². The third-order valence-corrected chi connectivity index (χ3v) is 4.42. The number of primary amides is 1. The normalized spacial score (nSPS) is 25.0. The van der Waals surface area contributed by atoms with Crippen LogP contribution in [0.25, 0.3) is 0 Å². The summed E-state index contributed by atoms with van der Waals surface area (Å²) < 4.78 is 5.13. The molecule has 0 aliphatic carbocycles. The third-order valence-electron chi connectivity index (χ3n) is 4.42. The molecule has 0 aromatic carbocycles. The predicted molar refractivity (Wildman–Crippen MR) is 79.6 cm³/mol. The number of hydrogen-bond acceptors (Lipinski definition) is 5. The number of carbonyl (C=O) groups is 2. The van der Waals surface area contributed by atoms with Gasteiger partial charge in [0.05, 0.1) is 6.61 Å². The Labute approximate surface area is 130 Å². The van der Waals surface area contributed by atoms with E-state index in [-0.39, 0.29) is 18.9 Å². The van der Waals surface area contributed by atoms with Gasteiger partial charge in [-0.25, -0.2) is 0 Å². The van der Waals surface area contributed by atoms with Gasteiger partial charge in [-0.1, -0.05) is 0 Å². The van der Waals surface area contributed by atoms with Crippen LogP contribution >= 0.6 is 0 Å². The van der Waals surface area contributed by atoms with Crippen molar-refractivity contribution in [1.29, 1.82) is 0 Å². The molecule has 7 heteroatoms. The molecule has 1 fully saturated rings. The first kappa shape index (κ1) is 16.4. The zero-order chi connectivity index (χ0) is 16.2. The van der Waals surface area contributed by atoms with E-state index in [1.165, 1.54) is 7.11 Å². The molecule has 0 spiro atoms. The maximum Gasteiger partial charge on any atom is 0.245 e. The summed E-state index contributed by atoms with van der Waals surface area (Å²) in [5, 5.41) is 8.04. The number of terminal acetylenes is 1. The summed E-state index contributed by atoms with van der Waals surface area (Å²) >= 11 is 0. The quantitative estimate of drug-likeness (QED) is 0.673. The lowest BCUT2D eigenvalue weighted by molar-refractivity contribution is -0.146. The molecule has 2 rings (SSSR count). The average molecular weight is 306 g/mol. The van der Waals surface area contributed by atoms with Crippen molar-refractivity contribution >= 4 is 11.8 Å². The van der Waals surface area contributed by atoms with Gasteiger partial charge in [0, 0.05) is 39.3 Å². The van der Waals surface area contributed by atoms with Gasteiger partial charge in [-0.2, -0.15) is 10.2 Å². The Morgan fingerprint density at radius 1 is 1.41 bits per heavy atom. The minimum absolute atomic E-state index is 0.106. The van der Waals surface area contributed by atoms with Crippen LogP contribution in [0.3, 0.4) is 0 Å². The van der Waals surface area contributed by atoms with Crippen LogP contribution in [0, 0.1) is 12.3 Å². The van der Waals surface area contributed by atoms with Crippen molar-refractivity contribution in [3.05, 3.63) is 0 Å². The van der Waals surface area contributed by atoms with Crippen molar-refractivity contribution in [2.45, 2.75) is 49.7 Å². The maximum atomic E-state index is 12.5. The molecule has 120 valence electrons. The van der Waals surface area contributed by atoms with E-state index >= 15 is 0 Å². The molecule has 0 radical (unpaired) electrons. The van der Waals surface area contributed by atoms with Crippen molar-refractivity contribution < 1.29 is 14.3 Å². The Balaban J connectivity index is 1.96. The van der Waals surface area contributed by atoms with Crippen molar-refractivity contribution in [2.24, 2.45) is 16.0 Å². The highest BCUT2D eigenvalue weighted by atomic mass is 16.5. The highest BCUT2D eigenvalue weighted by molar-refractivity contribution is 5.91. The molecule has 22 heavy (non-hydrogen) atoms. The summed E-state index contributed by atoms with van der Waals surface area (Å²) in [6.07, 6.45) is 8.57. The Morgan fingerprint density at radius 2 is 2.14 bits per heavy atom. The van der Waals surface area contributed by atoms with Gasteiger partial charge in [0.1, 0.15) is 5.54 Å². The van der Waals surface area contributed by atoms with E-state index < -0.39 is 17.1 Å². The van der Waals surface area contributed by atoms with Gasteiger partial charge in [-0.3, -0.25) is 9.59 Å². The Kier molecular flexibility index (Phi) is 4.81. The Hall–Kier alpha value is -1.94. The summed E-state index contributed by atoms with van der Waals surface area (Å²) in [6.45, 7) is 0.655. The Morgan fingerprint density at radius 3 is 2.68 bits per heavy atom. The summed E-state index contributed by atoms with van der Waals surface area (Å²) in [7, 11) is 1.50. The summed E-state index contributed by atoms with van der Waals surface area (Å²) in [4.78, 5) is 26.0. The zero-order valence-corrected chi connectivity index (χ0v) is 12.9. The number of hydrogen-bond donors (Lipinski definition) is 1. The number of methoxy groups -OCH3 is 1. The molecule has 2 N–H and O–H groups in total. The lowest BCUT2D eigenvalue weighted by Gasteiger charge is -2.35. The SMILES string of the molecule is C#CCCC1(CCC(=O)N2CCCC2(COC)C(N)=O)N=N1. The maximum absolute atomic E-state index is 12.5. The standard InChI is InChI=1S/C15H22N4O3/c1-3-4-8-15(17-18-15)9-6-12(20)19-10-5-7-14(19,11-22-2)13(16)21/h1H,4-11H2,2H3,(H2,16,21). The van der Waals surface area contributed by atoms with E-state index in [1.54, 1.807) is 4.90 Å². The van der Waals surface area contributed by atoms with E-state index in [9.17, 15) is 9.59 Å². The highest BCUT2D eigenvalue weighted by Crippen LogP contribution is 2.38. The molecule has 7 nitrogen and oxygen atoms in total. The number of nitrogens with zero attached hydrogens (tertiary/aromatic N) is 3. The molecule has 1 unspecified atom stereocenters. The first-order chi connectivity index (χ1) is 10.5. The number of amides is 2. The van der Waals surface area contributed by atoms with Gasteiger partial charge in [0.25, 0.3) is 0 Å². The van der Waals surface area contributed by atoms with Crippen LogP contribution in [0.2, 0.25) is 0 Å². The summed E-state index contributed by atoms with van der Waals surface area (Å²) in [6, 6.07) is 0. The van der Waals surface area contributed by atoms with Crippen molar-refractivity contribution in [3.63, 3.8) is 0 Å². The second kappa shape index (κ2) is 6.44. The highest BCUT2D eigenvalue weighted by Gasteiger charge is 2.49. The largest absolute Gasteiger partial charge is 0.382 e. The second-order valence-corrected chi connectivity index (χ2v) is 5.86. The molecular formula is C15H22N4O3. The van der Waals surface area contributed by atoms with E-state index in [0.717, 1.165) is 6.42 Å². The van der Waals surface area contributed by atoms with Gasteiger partial charge >= 0.3 is 0 Å². The van der Waals surface area contributed by atoms with Crippen LogP contribution in [0.4, 0.5) is 0 Å². The monoisotopic (exact) mass is 306 g/mol. The van der Waals surface area contributed by atoms with Gasteiger partial charge in [-0.15, -0.1) is 12.3 Å². The fraction of sp³-hybridized carbons (Fsp3) is 0.733. The molecule has 0 bridgehead atoms. The molecule has 2 heterocycles. The van der Waals surface area contributed by atoms with E-state index in [4.69, 9.17) is 16.9 Å². The number of nitrogens with two attached hydrogens (primary N) is 1. The fourth-order valence-corrected chi connectivity index (χ4v) is 3.07. The minimum atomic E-state index is -1.02. The lowest BCUT2D eigenvalue weighted by atomic mass is 9.95. The van der Waals surface area contributed by atoms with Crippen LogP contribution in [0.5, 0.6) is 0 Å². The van der Waals surface area contributed by atoms with Crippen LogP contribution < -0.4 is 5.73 Å². The van der Waals surface area contributed by atoms with E-state index in [0.29, 0.717) is 32.2 Å². The van der Waals surface area contributed by atoms with Crippen LogP contribution in [-0.4, -0.2) is 48.2 Å². The lowest BCUT2D eigenvalue weighted by Crippen LogP contribution is -2.58. The van der Waals surface area contributed by atoms with Gasteiger partial charge in [-0.05, 0) is 12.8 Å². The zero-order valence-electron chi connectivity index (χ0n) is 12.9. The molecular weight excluding hydrogens is 284 g/mol. The first-order valence-electron chi connectivity index (χ1n) is 7.46. The van der Waals surface area contributed by atoms with Gasteiger partial charge in [0.15, 0.2) is 5.66 Å². The molecule has 1 atom stereocenters. The fourth-order valence-electron chi connectivity index (χ4n) is 3.07. The van der Waals surface area contributed by atoms with E-state index in [2.05, 4.69) is 16.1 Å². The minimum Gasteiger partial charge on any atom is -0.382 e. The molecule has 0 aromatic rings. The molecule has 2 aliphatic rings. The molecule has 2 amide bonds. The van der Waals surface area contributed by atoms with Gasteiger partial charge in [0.2, 0.25) is 11.8 Å². The second-order valence-electron chi connectivity index (χ2n) is 5.86.